The Bertz CT molecular complexity index is 1340. The van der Waals surface area contributed by atoms with Gasteiger partial charge in [0, 0.05) is 30.1 Å². The van der Waals surface area contributed by atoms with Crippen molar-refractivity contribution in [1.29, 1.82) is 5.41 Å². The summed E-state index contributed by atoms with van der Waals surface area (Å²) in [4.78, 5) is 6.35. The van der Waals surface area contributed by atoms with Crippen LogP contribution in [0.1, 0.15) is 29.9 Å². The van der Waals surface area contributed by atoms with Gasteiger partial charge in [0.2, 0.25) is 11.7 Å². The van der Waals surface area contributed by atoms with Gasteiger partial charge in [-0.2, -0.15) is 18.2 Å². The van der Waals surface area contributed by atoms with Gasteiger partial charge in [-0.1, -0.05) is 46.8 Å². The van der Waals surface area contributed by atoms with E-state index in [0.717, 1.165) is 42.6 Å². The monoisotopic (exact) mass is 496 g/mol. The van der Waals surface area contributed by atoms with Crippen molar-refractivity contribution in [3.63, 3.8) is 0 Å². The van der Waals surface area contributed by atoms with Crippen LogP contribution in [0.5, 0.6) is 0 Å². The zero-order valence-corrected chi connectivity index (χ0v) is 19.1. The molecule has 36 heavy (non-hydrogen) atoms. The number of likely N-dealkylation sites (tertiary alicyclic amines) is 1. The van der Waals surface area contributed by atoms with E-state index in [-0.39, 0.29) is 12.0 Å². The molecule has 2 aromatic carbocycles. The number of alkyl halides is 3. The van der Waals surface area contributed by atoms with Crippen LogP contribution in [0.4, 0.5) is 13.2 Å². The number of hydrogen-bond donors (Lipinski definition) is 2. The summed E-state index contributed by atoms with van der Waals surface area (Å²) in [6.45, 7) is 1.20. The predicted octanol–water partition coefficient (Wildman–Crippen LogP) is 3.96. The van der Waals surface area contributed by atoms with Gasteiger partial charge in [-0.3, -0.25) is 5.41 Å². The molecular weight excluding hydrogens is 473 g/mol. The number of rotatable bonds is 6. The van der Waals surface area contributed by atoms with Crippen LogP contribution in [0, 0.1) is 5.41 Å². The Labute approximate surface area is 204 Å². The topological polar surface area (TPSA) is 123 Å². The van der Waals surface area contributed by atoms with E-state index < -0.39 is 11.7 Å². The number of hydrogen-bond acceptors (Lipinski definition) is 6. The normalized spacial score (nSPS) is 16.0. The van der Waals surface area contributed by atoms with Gasteiger partial charge in [0.25, 0.3) is 0 Å². The third-order valence-electron chi connectivity index (χ3n) is 6.17. The maximum absolute atomic E-state index is 12.8. The second kappa shape index (κ2) is 9.44. The highest BCUT2D eigenvalue weighted by molar-refractivity contribution is 5.75. The third kappa shape index (κ3) is 5.07. The van der Waals surface area contributed by atoms with Crippen molar-refractivity contribution >= 4 is 5.96 Å². The zero-order valence-electron chi connectivity index (χ0n) is 19.1. The van der Waals surface area contributed by atoms with E-state index in [2.05, 4.69) is 20.5 Å². The minimum Gasteiger partial charge on any atom is -0.370 e. The van der Waals surface area contributed by atoms with E-state index in [4.69, 9.17) is 15.7 Å². The fraction of sp³-hybridized carbons (Fsp3) is 0.292. The Balaban J connectivity index is 1.22. The Morgan fingerprint density at radius 1 is 1.08 bits per heavy atom. The molecule has 1 saturated heterocycles. The number of benzene rings is 2. The minimum absolute atomic E-state index is 0.0618. The molecule has 1 aliphatic rings. The number of nitrogens with zero attached hydrogens (tertiary/aromatic N) is 6. The first kappa shape index (κ1) is 23.5. The van der Waals surface area contributed by atoms with Crippen LogP contribution in [-0.4, -0.2) is 48.6 Å². The first-order valence-corrected chi connectivity index (χ1v) is 11.4. The molecule has 0 saturated carbocycles. The fourth-order valence-electron chi connectivity index (χ4n) is 4.31. The average Bonchev–Trinajstić information content (AvgIpc) is 3.61. The molecule has 2 aromatic heterocycles. The molecule has 0 spiro atoms. The quantitative estimate of drug-likeness (QED) is 0.306. The summed E-state index contributed by atoms with van der Waals surface area (Å²) < 4.78 is 45.4. The Morgan fingerprint density at radius 3 is 2.50 bits per heavy atom. The van der Waals surface area contributed by atoms with E-state index in [9.17, 15) is 13.2 Å². The van der Waals surface area contributed by atoms with Gasteiger partial charge in [0.15, 0.2) is 5.96 Å². The van der Waals surface area contributed by atoms with Gasteiger partial charge >= 0.3 is 6.18 Å². The summed E-state index contributed by atoms with van der Waals surface area (Å²) in [6, 6.07) is 12.5. The van der Waals surface area contributed by atoms with Crippen molar-refractivity contribution in [2.45, 2.75) is 38.0 Å². The van der Waals surface area contributed by atoms with Gasteiger partial charge in [0.05, 0.1) is 18.3 Å². The lowest BCUT2D eigenvalue weighted by Gasteiger charge is -2.23. The Kier molecular flexibility index (Phi) is 6.17. The van der Waals surface area contributed by atoms with Crippen LogP contribution < -0.4 is 5.73 Å². The third-order valence-corrected chi connectivity index (χ3v) is 6.17. The molecule has 1 atom stereocenters. The molecule has 0 aliphatic carbocycles. The molecule has 0 amide bonds. The van der Waals surface area contributed by atoms with Gasteiger partial charge in [-0.05, 0) is 30.5 Å². The van der Waals surface area contributed by atoms with E-state index in [1.165, 1.54) is 12.1 Å². The zero-order chi connectivity index (χ0) is 25.3. The van der Waals surface area contributed by atoms with Gasteiger partial charge in [0.1, 0.15) is 5.69 Å². The minimum atomic E-state index is -4.38. The standard InChI is InChI=1S/C24H23F3N8O/c25-24(26,27)18-9-7-16(8-10-18)20-14-34(33-31-20)13-15-3-5-17(6-4-15)22-30-21(36-32-22)12-19-2-1-11-35(19)23(28)29/h3-10,14,19H,1-2,11-13H2,(H3,28,29). The van der Waals surface area contributed by atoms with Crippen LogP contribution in [0.15, 0.2) is 59.3 Å². The van der Waals surface area contributed by atoms with Gasteiger partial charge < -0.3 is 15.2 Å². The second-order valence-corrected chi connectivity index (χ2v) is 8.66. The fourth-order valence-corrected chi connectivity index (χ4v) is 4.31. The molecular formula is C24H23F3N8O. The second-order valence-electron chi connectivity index (χ2n) is 8.66. The maximum Gasteiger partial charge on any atom is 0.416 e. The summed E-state index contributed by atoms with van der Waals surface area (Å²) in [7, 11) is 0. The number of nitrogens with two attached hydrogens (primary N) is 1. The number of aromatic nitrogens is 5. The molecule has 5 rings (SSSR count). The SMILES string of the molecule is N=C(N)N1CCCC1Cc1nc(-c2ccc(Cn3cc(-c4ccc(C(F)(F)F)cc4)nn3)cc2)no1. The van der Waals surface area contributed by atoms with Gasteiger partial charge in [-0.25, -0.2) is 4.68 Å². The van der Waals surface area contributed by atoms with Gasteiger partial charge in [-0.15, -0.1) is 5.10 Å². The lowest BCUT2D eigenvalue weighted by molar-refractivity contribution is -0.137. The maximum atomic E-state index is 12.8. The highest BCUT2D eigenvalue weighted by Gasteiger charge is 2.30. The molecule has 1 fully saturated rings. The first-order valence-electron chi connectivity index (χ1n) is 11.4. The Hall–Kier alpha value is -4.22. The summed E-state index contributed by atoms with van der Waals surface area (Å²) in [5.41, 5.74) is 7.75. The van der Waals surface area contributed by atoms with Crippen molar-refractivity contribution in [3.8, 4) is 22.6 Å². The van der Waals surface area contributed by atoms with Crippen molar-refractivity contribution in [2.75, 3.05) is 6.54 Å². The predicted molar refractivity (Wildman–Crippen MR) is 125 cm³/mol. The molecule has 12 heteroatoms. The number of guanidine groups is 1. The van der Waals surface area contributed by atoms with Crippen LogP contribution >= 0.6 is 0 Å². The van der Waals surface area contributed by atoms with E-state index in [0.29, 0.717) is 35.9 Å². The summed E-state index contributed by atoms with van der Waals surface area (Å²) in [5, 5.41) is 19.9. The van der Waals surface area contributed by atoms with Crippen molar-refractivity contribution in [1.82, 2.24) is 30.0 Å². The van der Waals surface area contributed by atoms with Crippen LogP contribution in [0.25, 0.3) is 22.6 Å². The molecule has 0 bridgehead atoms. The Morgan fingerprint density at radius 2 is 1.81 bits per heavy atom. The van der Waals surface area contributed by atoms with Crippen molar-refractivity contribution in [3.05, 3.63) is 71.7 Å². The molecule has 1 aliphatic heterocycles. The van der Waals surface area contributed by atoms with E-state index >= 15 is 0 Å². The molecule has 1 unspecified atom stereocenters. The smallest absolute Gasteiger partial charge is 0.370 e. The van der Waals surface area contributed by atoms with Crippen LogP contribution in [0.3, 0.4) is 0 Å². The van der Waals surface area contributed by atoms with E-state index in [1.807, 2.05) is 29.2 Å². The lowest BCUT2D eigenvalue weighted by atomic mass is 10.1. The molecule has 3 heterocycles. The van der Waals surface area contributed by atoms with Crippen LogP contribution in [-0.2, 0) is 19.1 Å². The molecule has 0 radical (unpaired) electrons. The van der Waals surface area contributed by atoms with Crippen molar-refractivity contribution in [2.24, 2.45) is 5.73 Å². The summed E-state index contributed by atoms with van der Waals surface area (Å²) in [5.74, 6) is 1.05. The number of halogens is 3. The van der Waals surface area contributed by atoms with E-state index in [1.54, 1.807) is 10.9 Å². The lowest BCUT2D eigenvalue weighted by Crippen LogP contribution is -2.41. The largest absolute Gasteiger partial charge is 0.416 e. The van der Waals surface area contributed by atoms with Crippen LogP contribution in [0.2, 0.25) is 0 Å². The highest BCUT2D eigenvalue weighted by Crippen LogP contribution is 2.30. The first-order chi connectivity index (χ1) is 17.3. The average molecular weight is 496 g/mol. The molecule has 9 nitrogen and oxygen atoms in total. The molecule has 3 N–H and O–H groups in total. The highest BCUT2D eigenvalue weighted by atomic mass is 19.4. The summed E-state index contributed by atoms with van der Waals surface area (Å²) in [6.07, 6.45) is -0.245. The molecule has 4 aromatic rings. The van der Waals surface area contributed by atoms with Crippen molar-refractivity contribution < 1.29 is 17.7 Å². The molecule has 186 valence electrons. The number of nitrogens with one attached hydrogen (secondary N) is 1. The summed E-state index contributed by atoms with van der Waals surface area (Å²) >= 11 is 0.